The van der Waals surface area contributed by atoms with Gasteiger partial charge in [-0.25, -0.2) is 9.18 Å². The van der Waals surface area contributed by atoms with Gasteiger partial charge in [-0.3, -0.25) is 0 Å². The van der Waals surface area contributed by atoms with E-state index in [1.807, 2.05) is 38.1 Å². The lowest BCUT2D eigenvalue weighted by atomic mass is 10.1. The van der Waals surface area contributed by atoms with Gasteiger partial charge in [0.15, 0.2) is 0 Å². The molecule has 0 aliphatic heterocycles. The van der Waals surface area contributed by atoms with Crippen LogP contribution in [0.1, 0.15) is 25.5 Å². The normalized spacial score (nSPS) is 11.7. The molecule has 0 saturated carbocycles. The van der Waals surface area contributed by atoms with Gasteiger partial charge in [0, 0.05) is 5.02 Å². The molecule has 0 heterocycles. The second kappa shape index (κ2) is 7.83. The Hall–Kier alpha value is -2.27. The quantitative estimate of drug-likeness (QED) is 0.827. The molecule has 6 heteroatoms. The fourth-order valence-electron chi connectivity index (χ4n) is 2.05. The molecule has 0 bridgehead atoms. The third-order valence-electron chi connectivity index (χ3n) is 3.22. The Balaban J connectivity index is 1.96. The molecule has 2 N–H and O–H groups in total. The number of ether oxygens (including phenoxy) is 1. The first kappa shape index (κ1) is 17.1. The molecule has 23 heavy (non-hydrogen) atoms. The Morgan fingerprint density at radius 3 is 2.57 bits per heavy atom. The smallest absolute Gasteiger partial charge is 0.319 e. The van der Waals surface area contributed by atoms with E-state index >= 15 is 0 Å². The van der Waals surface area contributed by atoms with Gasteiger partial charge in [-0.2, -0.15) is 0 Å². The van der Waals surface area contributed by atoms with Crippen LogP contribution in [0.25, 0.3) is 0 Å². The Morgan fingerprint density at radius 2 is 1.96 bits per heavy atom. The second-order valence-electron chi connectivity index (χ2n) is 4.95. The zero-order valence-corrected chi connectivity index (χ0v) is 13.7. The maximum absolute atomic E-state index is 13.6. The summed E-state index contributed by atoms with van der Waals surface area (Å²) in [6.07, 6.45) is 0. The molecule has 2 amide bonds. The Morgan fingerprint density at radius 1 is 1.26 bits per heavy atom. The molecular formula is C17H18ClFN2O2. The van der Waals surface area contributed by atoms with Crippen molar-refractivity contribution in [3.8, 4) is 5.75 Å². The standard InChI is InChI=1S/C17H18ClFN2O2/c1-3-23-14-7-4-12(5-8-14)11(2)20-17(22)21-16-9-6-13(18)10-15(16)19/h4-11H,3H2,1-2H3,(H2,20,21,22)/t11-/m1/s1. The minimum atomic E-state index is -0.582. The highest BCUT2D eigenvalue weighted by Crippen LogP contribution is 2.20. The number of halogens is 2. The molecule has 0 unspecified atom stereocenters. The molecule has 2 aromatic rings. The number of anilines is 1. The lowest BCUT2D eigenvalue weighted by Crippen LogP contribution is -2.31. The SMILES string of the molecule is CCOc1ccc([C@@H](C)NC(=O)Nc2ccc(Cl)cc2F)cc1. The van der Waals surface area contributed by atoms with E-state index in [0.29, 0.717) is 6.61 Å². The molecule has 0 fully saturated rings. The average molecular weight is 337 g/mol. The molecule has 0 aliphatic rings. The molecule has 1 atom stereocenters. The zero-order valence-electron chi connectivity index (χ0n) is 12.9. The van der Waals surface area contributed by atoms with Crippen molar-refractivity contribution in [2.24, 2.45) is 0 Å². The number of hydrogen-bond donors (Lipinski definition) is 2. The van der Waals surface area contributed by atoms with Gasteiger partial charge in [-0.05, 0) is 49.7 Å². The van der Waals surface area contributed by atoms with Gasteiger partial charge in [0.05, 0.1) is 18.3 Å². The van der Waals surface area contributed by atoms with Crippen LogP contribution in [0.15, 0.2) is 42.5 Å². The van der Waals surface area contributed by atoms with Crippen LogP contribution < -0.4 is 15.4 Å². The van der Waals surface area contributed by atoms with Crippen LogP contribution in [0.4, 0.5) is 14.9 Å². The molecule has 0 aromatic heterocycles. The van der Waals surface area contributed by atoms with Crippen molar-refractivity contribution >= 4 is 23.3 Å². The molecule has 122 valence electrons. The summed E-state index contributed by atoms with van der Waals surface area (Å²) < 4.78 is 19.0. The summed E-state index contributed by atoms with van der Waals surface area (Å²) >= 11 is 5.67. The summed E-state index contributed by atoms with van der Waals surface area (Å²) in [6.45, 7) is 4.36. The van der Waals surface area contributed by atoms with Gasteiger partial charge in [0.2, 0.25) is 0 Å². The summed E-state index contributed by atoms with van der Waals surface area (Å²) in [5.41, 5.74) is 0.992. The monoisotopic (exact) mass is 336 g/mol. The van der Waals surface area contributed by atoms with Gasteiger partial charge < -0.3 is 15.4 Å². The molecule has 0 aliphatic carbocycles. The third kappa shape index (κ3) is 4.86. The summed E-state index contributed by atoms with van der Waals surface area (Å²) in [5.74, 6) is 0.192. The van der Waals surface area contributed by atoms with E-state index in [0.717, 1.165) is 17.4 Å². The maximum atomic E-state index is 13.6. The lowest BCUT2D eigenvalue weighted by Gasteiger charge is -2.16. The number of urea groups is 1. The molecule has 0 spiro atoms. The van der Waals surface area contributed by atoms with Crippen LogP contribution in [0, 0.1) is 5.82 Å². The third-order valence-corrected chi connectivity index (χ3v) is 3.45. The summed E-state index contributed by atoms with van der Waals surface area (Å²) in [6, 6.07) is 10.8. The highest BCUT2D eigenvalue weighted by atomic mass is 35.5. The van der Waals surface area contributed by atoms with Crippen molar-refractivity contribution in [3.63, 3.8) is 0 Å². The number of hydrogen-bond acceptors (Lipinski definition) is 2. The fourth-order valence-corrected chi connectivity index (χ4v) is 2.21. The van der Waals surface area contributed by atoms with Crippen LogP contribution >= 0.6 is 11.6 Å². The number of carbonyl (C=O) groups is 1. The van der Waals surface area contributed by atoms with Gasteiger partial charge in [0.1, 0.15) is 11.6 Å². The summed E-state index contributed by atoms with van der Waals surface area (Å²) in [4.78, 5) is 12.0. The molecule has 0 radical (unpaired) electrons. The second-order valence-corrected chi connectivity index (χ2v) is 5.38. The Labute approximate surface area is 139 Å². The lowest BCUT2D eigenvalue weighted by molar-refractivity contribution is 0.249. The minimum absolute atomic E-state index is 0.0748. The number of carbonyl (C=O) groups excluding carboxylic acids is 1. The van der Waals surface area contributed by atoms with Crippen molar-refractivity contribution in [1.82, 2.24) is 5.32 Å². The molecule has 0 saturated heterocycles. The molecule has 4 nitrogen and oxygen atoms in total. The van der Waals surface area contributed by atoms with Crippen LogP contribution in [0.5, 0.6) is 5.75 Å². The maximum Gasteiger partial charge on any atom is 0.319 e. The van der Waals surface area contributed by atoms with Crippen LogP contribution in [0.3, 0.4) is 0 Å². The van der Waals surface area contributed by atoms with E-state index in [2.05, 4.69) is 10.6 Å². The van der Waals surface area contributed by atoms with Crippen molar-refractivity contribution in [1.29, 1.82) is 0 Å². The largest absolute Gasteiger partial charge is 0.494 e. The van der Waals surface area contributed by atoms with E-state index in [9.17, 15) is 9.18 Å². The highest BCUT2D eigenvalue weighted by Gasteiger charge is 2.12. The molecular weight excluding hydrogens is 319 g/mol. The highest BCUT2D eigenvalue weighted by molar-refractivity contribution is 6.30. The number of amides is 2. The van der Waals surface area contributed by atoms with Crippen LogP contribution in [-0.4, -0.2) is 12.6 Å². The zero-order chi connectivity index (χ0) is 16.8. The summed E-state index contributed by atoms with van der Waals surface area (Å²) in [7, 11) is 0. The van der Waals surface area contributed by atoms with E-state index in [1.54, 1.807) is 0 Å². The predicted octanol–water partition coefficient (Wildman–Crippen LogP) is 4.76. The molecule has 2 aromatic carbocycles. The predicted molar refractivity (Wildman–Crippen MR) is 89.6 cm³/mol. The first-order chi connectivity index (χ1) is 11.0. The average Bonchev–Trinajstić information content (AvgIpc) is 2.51. The van der Waals surface area contributed by atoms with Gasteiger partial charge in [-0.15, -0.1) is 0 Å². The Bertz CT molecular complexity index is 677. The number of nitrogens with one attached hydrogen (secondary N) is 2. The van der Waals surface area contributed by atoms with Crippen molar-refractivity contribution in [2.75, 3.05) is 11.9 Å². The minimum Gasteiger partial charge on any atom is -0.494 e. The van der Waals surface area contributed by atoms with Crippen molar-refractivity contribution in [2.45, 2.75) is 19.9 Å². The van der Waals surface area contributed by atoms with Gasteiger partial charge >= 0.3 is 6.03 Å². The molecule has 2 rings (SSSR count). The van der Waals surface area contributed by atoms with E-state index in [-0.39, 0.29) is 16.8 Å². The topological polar surface area (TPSA) is 50.4 Å². The van der Waals surface area contributed by atoms with E-state index in [4.69, 9.17) is 16.3 Å². The fraction of sp³-hybridized carbons (Fsp3) is 0.235. The van der Waals surface area contributed by atoms with Gasteiger partial charge in [0.25, 0.3) is 0 Å². The van der Waals surface area contributed by atoms with Crippen LogP contribution in [0.2, 0.25) is 5.02 Å². The van der Waals surface area contributed by atoms with Gasteiger partial charge in [-0.1, -0.05) is 23.7 Å². The van der Waals surface area contributed by atoms with Crippen molar-refractivity contribution in [3.05, 3.63) is 58.9 Å². The van der Waals surface area contributed by atoms with E-state index in [1.165, 1.54) is 12.1 Å². The first-order valence-electron chi connectivity index (χ1n) is 7.25. The van der Waals surface area contributed by atoms with Crippen molar-refractivity contribution < 1.29 is 13.9 Å². The summed E-state index contributed by atoms with van der Waals surface area (Å²) in [5, 5.41) is 5.48. The van der Waals surface area contributed by atoms with E-state index < -0.39 is 11.8 Å². The van der Waals surface area contributed by atoms with Crippen LogP contribution in [-0.2, 0) is 0 Å². The number of rotatable bonds is 5. The number of benzene rings is 2. The Kier molecular flexibility index (Phi) is 5.82. The first-order valence-corrected chi connectivity index (χ1v) is 7.62.